The number of amides is 2. The topological polar surface area (TPSA) is 71.8 Å². The maximum atomic E-state index is 12.4. The second kappa shape index (κ2) is 8.42. The van der Waals surface area contributed by atoms with Crippen molar-refractivity contribution in [3.05, 3.63) is 35.6 Å². The lowest BCUT2D eigenvalue weighted by Crippen LogP contribution is -2.42. The van der Waals surface area contributed by atoms with E-state index in [1.807, 2.05) is 43.2 Å². The summed E-state index contributed by atoms with van der Waals surface area (Å²) in [5.41, 5.74) is -0.502. The lowest BCUT2D eigenvalue weighted by molar-refractivity contribution is -0.125. The fourth-order valence-electron chi connectivity index (χ4n) is 3.82. The number of nitrogens with zero attached hydrogens (tertiary/aromatic N) is 1. The Labute approximate surface area is 164 Å². The Balaban J connectivity index is 1.45. The molecule has 0 spiro atoms. The van der Waals surface area contributed by atoms with Gasteiger partial charge in [0.2, 0.25) is 5.91 Å². The Kier molecular flexibility index (Phi) is 6.19. The number of hydrogen-bond acceptors (Lipinski definition) is 5. The Morgan fingerprint density at radius 1 is 1.37 bits per heavy atom. The van der Waals surface area contributed by atoms with E-state index >= 15 is 0 Å². The van der Waals surface area contributed by atoms with Crippen LogP contribution in [0.5, 0.6) is 0 Å². The molecule has 27 heavy (non-hydrogen) atoms. The Morgan fingerprint density at radius 2 is 2.19 bits per heavy atom. The molecule has 3 rings (SSSR count). The van der Waals surface area contributed by atoms with Crippen molar-refractivity contribution in [2.75, 3.05) is 13.1 Å². The van der Waals surface area contributed by atoms with Gasteiger partial charge < -0.3 is 19.4 Å². The number of carbonyl (C=O) groups excluding carboxylic acids is 2. The lowest BCUT2D eigenvalue weighted by atomic mass is 9.98. The zero-order chi connectivity index (χ0) is 19.4. The average Bonchev–Trinajstić information content (AvgIpc) is 3.28. The molecule has 0 bridgehead atoms. The van der Waals surface area contributed by atoms with Gasteiger partial charge in [-0.05, 0) is 57.1 Å². The fourth-order valence-corrected chi connectivity index (χ4v) is 4.46. The van der Waals surface area contributed by atoms with Gasteiger partial charge in [-0.25, -0.2) is 4.79 Å². The summed E-state index contributed by atoms with van der Waals surface area (Å²) in [5, 5.41) is 4.83. The summed E-state index contributed by atoms with van der Waals surface area (Å²) in [6.45, 7) is 7.03. The quantitative estimate of drug-likeness (QED) is 0.772. The van der Waals surface area contributed by atoms with E-state index in [0.717, 1.165) is 25.1 Å². The Bertz CT molecular complexity index is 681. The molecule has 3 atom stereocenters. The third-order valence-corrected chi connectivity index (χ3v) is 5.76. The SMILES string of the molecule is CC(C)(C)OC(=O)NC1CCC2CN(C(=O)C=CSCc3ccco3)CC21. The van der Waals surface area contributed by atoms with Crippen molar-refractivity contribution in [3.8, 4) is 0 Å². The van der Waals surface area contributed by atoms with Crippen molar-refractivity contribution in [1.29, 1.82) is 0 Å². The lowest BCUT2D eigenvalue weighted by Gasteiger charge is -2.24. The van der Waals surface area contributed by atoms with Gasteiger partial charge in [-0.3, -0.25) is 4.79 Å². The number of fused-ring (bicyclic) bond motifs is 1. The number of thioether (sulfide) groups is 1. The molecular weight excluding hydrogens is 364 g/mol. The molecule has 148 valence electrons. The second-order valence-corrected chi connectivity index (χ2v) is 9.08. The highest BCUT2D eigenvalue weighted by atomic mass is 32.2. The molecule has 7 heteroatoms. The predicted molar refractivity (Wildman–Crippen MR) is 105 cm³/mol. The van der Waals surface area contributed by atoms with Crippen LogP contribution in [0.1, 0.15) is 39.4 Å². The predicted octanol–water partition coefficient (Wildman–Crippen LogP) is 3.79. The van der Waals surface area contributed by atoms with E-state index < -0.39 is 5.60 Å². The van der Waals surface area contributed by atoms with E-state index in [-0.39, 0.29) is 18.0 Å². The second-order valence-electron chi connectivity index (χ2n) is 8.19. The Hall–Kier alpha value is -1.89. The number of likely N-dealkylation sites (tertiary alicyclic amines) is 1. The van der Waals surface area contributed by atoms with E-state index in [1.54, 1.807) is 12.3 Å². The summed E-state index contributed by atoms with van der Waals surface area (Å²) in [7, 11) is 0. The number of nitrogens with one attached hydrogen (secondary N) is 1. The molecule has 0 radical (unpaired) electrons. The van der Waals surface area contributed by atoms with E-state index in [1.165, 1.54) is 11.8 Å². The van der Waals surface area contributed by atoms with E-state index in [0.29, 0.717) is 24.1 Å². The third kappa shape index (κ3) is 5.54. The number of alkyl carbamates (subject to hydrolysis) is 1. The van der Waals surface area contributed by atoms with Crippen LogP contribution in [0.15, 0.2) is 34.3 Å². The number of hydrogen-bond donors (Lipinski definition) is 1. The average molecular weight is 393 g/mol. The first-order valence-electron chi connectivity index (χ1n) is 9.41. The molecule has 1 aromatic rings. The van der Waals surface area contributed by atoms with E-state index in [4.69, 9.17) is 9.15 Å². The summed E-state index contributed by atoms with van der Waals surface area (Å²) in [6, 6.07) is 3.86. The molecule has 1 aliphatic carbocycles. The Morgan fingerprint density at radius 3 is 2.89 bits per heavy atom. The highest BCUT2D eigenvalue weighted by Crippen LogP contribution is 2.38. The summed E-state index contributed by atoms with van der Waals surface area (Å²) >= 11 is 1.54. The van der Waals surface area contributed by atoms with Crippen LogP contribution in [0.3, 0.4) is 0 Å². The maximum absolute atomic E-state index is 12.4. The third-order valence-electron chi connectivity index (χ3n) is 4.98. The van der Waals surface area contributed by atoms with Crippen molar-refractivity contribution in [1.82, 2.24) is 10.2 Å². The molecule has 1 N–H and O–H groups in total. The first-order chi connectivity index (χ1) is 12.8. The molecule has 0 aromatic carbocycles. The monoisotopic (exact) mass is 392 g/mol. The van der Waals surface area contributed by atoms with Crippen molar-refractivity contribution in [2.45, 2.75) is 51.0 Å². The molecule has 2 fully saturated rings. The standard InChI is InChI=1S/C20H28N2O4S/c1-20(2,3)26-19(24)21-17-7-6-14-11-22(12-16(14)17)18(23)8-10-27-13-15-5-4-9-25-15/h4-5,8-10,14,16-17H,6-7,11-13H2,1-3H3,(H,21,24). The van der Waals surface area contributed by atoms with Gasteiger partial charge >= 0.3 is 6.09 Å². The number of ether oxygens (including phenoxy) is 1. The largest absolute Gasteiger partial charge is 0.468 e. The first-order valence-corrected chi connectivity index (χ1v) is 10.5. The minimum absolute atomic E-state index is 0.0346. The highest BCUT2D eigenvalue weighted by molar-refractivity contribution is 8.01. The van der Waals surface area contributed by atoms with Crippen LogP contribution < -0.4 is 5.32 Å². The minimum atomic E-state index is -0.502. The summed E-state index contributed by atoms with van der Waals surface area (Å²) in [6.07, 6.45) is 4.89. The van der Waals surface area contributed by atoms with Crippen LogP contribution in [0, 0.1) is 11.8 Å². The van der Waals surface area contributed by atoms with Crippen LogP contribution in [-0.2, 0) is 15.3 Å². The number of carbonyl (C=O) groups is 2. The molecular formula is C20H28N2O4S. The molecule has 1 aliphatic heterocycles. The maximum Gasteiger partial charge on any atom is 0.407 e. The number of rotatable bonds is 5. The molecule has 1 saturated carbocycles. The van der Waals surface area contributed by atoms with Gasteiger partial charge in [0.15, 0.2) is 0 Å². The molecule has 1 saturated heterocycles. The minimum Gasteiger partial charge on any atom is -0.468 e. The van der Waals surface area contributed by atoms with Gasteiger partial charge in [0.1, 0.15) is 11.4 Å². The number of furan rings is 1. The van der Waals surface area contributed by atoms with Crippen molar-refractivity contribution >= 4 is 23.8 Å². The smallest absolute Gasteiger partial charge is 0.407 e. The molecule has 6 nitrogen and oxygen atoms in total. The molecule has 2 heterocycles. The van der Waals surface area contributed by atoms with Crippen LogP contribution in [0.25, 0.3) is 0 Å². The fraction of sp³-hybridized carbons (Fsp3) is 0.600. The van der Waals surface area contributed by atoms with Crippen LogP contribution in [0.4, 0.5) is 4.79 Å². The van der Waals surface area contributed by atoms with Gasteiger partial charge in [-0.15, -0.1) is 11.8 Å². The zero-order valence-electron chi connectivity index (χ0n) is 16.1. The van der Waals surface area contributed by atoms with Gasteiger partial charge in [-0.2, -0.15) is 0 Å². The van der Waals surface area contributed by atoms with Gasteiger partial charge in [0.25, 0.3) is 0 Å². The first kappa shape index (κ1) is 19.9. The van der Waals surface area contributed by atoms with Crippen LogP contribution >= 0.6 is 11.8 Å². The van der Waals surface area contributed by atoms with Gasteiger partial charge in [0.05, 0.1) is 12.0 Å². The highest BCUT2D eigenvalue weighted by Gasteiger charge is 2.44. The molecule has 1 aromatic heterocycles. The van der Waals surface area contributed by atoms with E-state index in [9.17, 15) is 9.59 Å². The van der Waals surface area contributed by atoms with Crippen molar-refractivity contribution < 1.29 is 18.7 Å². The molecule has 3 unspecified atom stereocenters. The van der Waals surface area contributed by atoms with Gasteiger partial charge in [-0.1, -0.05) is 0 Å². The normalized spacial score (nSPS) is 25.0. The van der Waals surface area contributed by atoms with Crippen molar-refractivity contribution in [2.24, 2.45) is 11.8 Å². The summed E-state index contributed by atoms with van der Waals surface area (Å²) in [4.78, 5) is 26.4. The van der Waals surface area contributed by atoms with Crippen LogP contribution in [0.2, 0.25) is 0 Å². The molecule has 2 aliphatic rings. The van der Waals surface area contributed by atoms with Crippen molar-refractivity contribution in [3.63, 3.8) is 0 Å². The zero-order valence-corrected chi connectivity index (χ0v) is 17.0. The molecule has 2 amide bonds. The summed E-state index contributed by atoms with van der Waals surface area (Å²) < 4.78 is 10.6. The van der Waals surface area contributed by atoms with Crippen LogP contribution in [-0.4, -0.2) is 41.6 Å². The van der Waals surface area contributed by atoms with E-state index in [2.05, 4.69) is 5.32 Å². The van der Waals surface area contributed by atoms with Gasteiger partial charge in [0, 0.05) is 31.1 Å². The summed E-state index contributed by atoms with van der Waals surface area (Å²) in [5.74, 6) is 2.41.